The average molecular weight is 337 g/mol. The third-order valence-electron chi connectivity index (χ3n) is 4.81. The monoisotopic (exact) mass is 336 g/mol. The lowest BCUT2D eigenvalue weighted by atomic mass is 10.1. The van der Waals surface area contributed by atoms with E-state index in [1.165, 1.54) is 43.7 Å². The van der Waals surface area contributed by atoms with Crippen LogP contribution in [0.25, 0.3) is 0 Å². The molecule has 1 aromatic heterocycles. The van der Waals surface area contributed by atoms with Crippen molar-refractivity contribution in [1.29, 1.82) is 0 Å². The van der Waals surface area contributed by atoms with Crippen molar-refractivity contribution in [2.24, 2.45) is 5.92 Å². The van der Waals surface area contributed by atoms with E-state index in [-0.39, 0.29) is 6.03 Å². The molecule has 2 saturated heterocycles. The van der Waals surface area contributed by atoms with Crippen molar-refractivity contribution in [1.82, 2.24) is 14.8 Å². The number of urea groups is 1. The SMILES string of the molecule is CCCc1csc(NC(=O)N2CC[C@@H](CN3CCCCC3)C2)n1. The van der Waals surface area contributed by atoms with Gasteiger partial charge < -0.3 is 9.80 Å². The van der Waals surface area contributed by atoms with E-state index < -0.39 is 0 Å². The van der Waals surface area contributed by atoms with Gasteiger partial charge in [0.2, 0.25) is 0 Å². The van der Waals surface area contributed by atoms with Crippen LogP contribution in [0.1, 0.15) is 44.7 Å². The van der Waals surface area contributed by atoms with E-state index >= 15 is 0 Å². The Morgan fingerprint density at radius 3 is 2.96 bits per heavy atom. The molecule has 0 spiro atoms. The number of rotatable bonds is 5. The van der Waals surface area contributed by atoms with E-state index in [4.69, 9.17) is 0 Å². The van der Waals surface area contributed by atoms with Crippen LogP contribution in [0.15, 0.2) is 5.38 Å². The zero-order chi connectivity index (χ0) is 16.1. The maximum absolute atomic E-state index is 12.4. The number of aromatic nitrogens is 1. The molecule has 1 aromatic rings. The van der Waals surface area contributed by atoms with Gasteiger partial charge in [-0.3, -0.25) is 5.32 Å². The summed E-state index contributed by atoms with van der Waals surface area (Å²) < 4.78 is 0. The summed E-state index contributed by atoms with van der Waals surface area (Å²) in [6, 6.07) is 0.0172. The Labute approximate surface area is 143 Å². The molecule has 0 radical (unpaired) electrons. The first-order valence-corrected chi connectivity index (χ1v) is 9.85. The van der Waals surface area contributed by atoms with Crippen molar-refractivity contribution < 1.29 is 4.79 Å². The van der Waals surface area contributed by atoms with Crippen LogP contribution in [0.3, 0.4) is 0 Å². The van der Waals surface area contributed by atoms with Crippen LogP contribution in [0.4, 0.5) is 9.93 Å². The van der Waals surface area contributed by atoms with E-state index in [0.717, 1.165) is 49.7 Å². The van der Waals surface area contributed by atoms with Gasteiger partial charge in [0.1, 0.15) is 0 Å². The molecule has 2 amide bonds. The van der Waals surface area contributed by atoms with Gasteiger partial charge in [0.15, 0.2) is 5.13 Å². The average Bonchev–Trinajstić information content (AvgIpc) is 3.18. The van der Waals surface area contributed by atoms with Gasteiger partial charge in [0.05, 0.1) is 5.69 Å². The Hall–Kier alpha value is -1.14. The van der Waals surface area contributed by atoms with Crippen molar-refractivity contribution in [3.8, 4) is 0 Å². The molecule has 2 aliphatic heterocycles. The summed E-state index contributed by atoms with van der Waals surface area (Å²) in [5.41, 5.74) is 1.08. The molecule has 0 aliphatic carbocycles. The first-order valence-electron chi connectivity index (χ1n) is 8.97. The van der Waals surface area contributed by atoms with Crippen LogP contribution in [-0.4, -0.2) is 53.5 Å². The summed E-state index contributed by atoms with van der Waals surface area (Å²) in [6.07, 6.45) is 7.24. The molecule has 1 N–H and O–H groups in total. The molecule has 0 unspecified atom stereocenters. The molecule has 6 heteroatoms. The first kappa shape index (κ1) is 16.7. The number of carbonyl (C=O) groups excluding carboxylic acids is 1. The molecular formula is C17H28N4OS. The number of nitrogens with one attached hydrogen (secondary N) is 1. The van der Waals surface area contributed by atoms with Gasteiger partial charge >= 0.3 is 6.03 Å². The number of thiazole rings is 1. The van der Waals surface area contributed by atoms with E-state index in [1.54, 1.807) is 0 Å². The molecule has 3 rings (SSSR count). The highest BCUT2D eigenvalue weighted by molar-refractivity contribution is 7.13. The molecular weight excluding hydrogens is 308 g/mol. The van der Waals surface area contributed by atoms with E-state index in [1.807, 2.05) is 10.3 Å². The van der Waals surface area contributed by atoms with Crippen LogP contribution in [-0.2, 0) is 6.42 Å². The number of aryl methyl sites for hydroxylation is 1. The van der Waals surface area contributed by atoms with Gasteiger partial charge in [-0.25, -0.2) is 9.78 Å². The number of piperidine rings is 1. The van der Waals surface area contributed by atoms with Gasteiger partial charge in [0, 0.05) is 25.0 Å². The molecule has 3 heterocycles. The third-order valence-corrected chi connectivity index (χ3v) is 5.62. The van der Waals surface area contributed by atoms with Crippen LogP contribution >= 0.6 is 11.3 Å². The summed E-state index contributed by atoms with van der Waals surface area (Å²) in [5, 5.41) is 5.75. The number of amides is 2. The van der Waals surface area contributed by atoms with Gasteiger partial charge in [-0.1, -0.05) is 19.8 Å². The molecule has 0 aromatic carbocycles. The molecule has 23 heavy (non-hydrogen) atoms. The second-order valence-corrected chi connectivity index (χ2v) is 7.64. The number of hydrogen-bond acceptors (Lipinski definition) is 4. The number of hydrogen-bond donors (Lipinski definition) is 1. The highest BCUT2D eigenvalue weighted by Gasteiger charge is 2.28. The molecule has 0 bridgehead atoms. The fourth-order valence-corrected chi connectivity index (χ4v) is 4.31. The van der Waals surface area contributed by atoms with Gasteiger partial charge in [-0.15, -0.1) is 11.3 Å². The minimum absolute atomic E-state index is 0.0172. The predicted molar refractivity (Wildman–Crippen MR) is 95.1 cm³/mol. The van der Waals surface area contributed by atoms with E-state index in [9.17, 15) is 4.79 Å². The van der Waals surface area contributed by atoms with Gasteiger partial charge in [-0.2, -0.15) is 0 Å². The zero-order valence-corrected chi connectivity index (χ0v) is 14.9. The van der Waals surface area contributed by atoms with Crippen molar-refractivity contribution in [2.45, 2.75) is 45.4 Å². The summed E-state index contributed by atoms with van der Waals surface area (Å²) >= 11 is 1.53. The number of nitrogens with zero attached hydrogens (tertiary/aromatic N) is 3. The maximum atomic E-state index is 12.4. The Bertz CT molecular complexity index is 512. The topological polar surface area (TPSA) is 48.5 Å². The molecule has 1 atom stereocenters. The van der Waals surface area contributed by atoms with Crippen LogP contribution in [0.5, 0.6) is 0 Å². The minimum atomic E-state index is 0.0172. The highest BCUT2D eigenvalue weighted by atomic mass is 32.1. The summed E-state index contributed by atoms with van der Waals surface area (Å²) in [6.45, 7) is 7.53. The minimum Gasteiger partial charge on any atom is -0.324 e. The molecule has 0 saturated carbocycles. The number of carbonyl (C=O) groups is 1. The highest BCUT2D eigenvalue weighted by Crippen LogP contribution is 2.22. The van der Waals surface area contributed by atoms with Crippen LogP contribution < -0.4 is 5.32 Å². The van der Waals surface area contributed by atoms with Crippen molar-refractivity contribution in [3.05, 3.63) is 11.1 Å². The third kappa shape index (κ3) is 4.67. The molecule has 5 nitrogen and oxygen atoms in total. The maximum Gasteiger partial charge on any atom is 0.323 e. The second-order valence-electron chi connectivity index (χ2n) is 6.79. The first-order chi connectivity index (χ1) is 11.2. The Balaban J connectivity index is 1.44. The van der Waals surface area contributed by atoms with Crippen LogP contribution in [0.2, 0.25) is 0 Å². The summed E-state index contributed by atoms with van der Waals surface area (Å²) in [5.74, 6) is 0.630. The Morgan fingerprint density at radius 1 is 1.35 bits per heavy atom. The van der Waals surface area contributed by atoms with Crippen molar-refractivity contribution >= 4 is 22.5 Å². The lowest BCUT2D eigenvalue weighted by Gasteiger charge is -2.28. The fraction of sp³-hybridized carbons (Fsp3) is 0.765. The Morgan fingerprint density at radius 2 is 2.17 bits per heavy atom. The number of likely N-dealkylation sites (tertiary alicyclic amines) is 2. The van der Waals surface area contributed by atoms with Gasteiger partial charge in [0.25, 0.3) is 0 Å². The lowest BCUT2D eigenvalue weighted by Crippen LogP contribution is -2.37. The summed E-state index contributed by atoms with van der Waals surface area (Å²) in [7, 11) is 0. The van der Waals surface area contributed by atoms with Crippen molar-refractivity contribution in [3.63, 3.8) is 0 Å². The fourth-order valence-electron chi connectivity index (χ4n) is 3.58. The van der Waals surface area contributed by atoms with E-state index in [2.05, 4.69) is 22.1 Å². The van der Waals surface area contributed by atoms with Gasteiger partial charge in [-0.05, 0) is 44.7 Å². The van der Waals surface area contributed by atoms with Crippen LogP contribution in [0, 0.1) is 5.92 Å². The largest absolute Gasteiger partial charge is 0.324 e. The second kappa shape index (κ2) is 8.11. The predicted octanol–water partition coefficient (Wildman–Crippen LogP) is 3.44. The number of anilines is 1. The zero-order valence-electron chi connectivity index (χ0n) is 14.1. The quantitative estimate of drug-likeness (QED) is 0.896. The van der Waals surface area contributed by atoms with Crippen molar-refractivity contribution in [2.75, 3.05) is 38.0 Å². The smallest absolute Gasteiger partial charge is 0.323 e. The normalized spacial score (nSPS) is 22.5. The van der Waals surface area contributed by atoms with E-state index in [0.29, 0.717) is 5.92 Å². The Kier molecular flexibility index (Phi) is 5.89. The lowest BCUT2D eigenvalue weighted by molar-refractivity contribution is 0.192. The molecule has 2 fully saturated rings. The summed E-state index contributed by atoms with van der Waals surface area (Å²) in [4.78, 5) is 21.4. The molecule has 2 aliphatic rings. The molecule has 128 valence electrons. The standard InChI is InChI=1S/C17H28N4OS/c1-2-6-15-13-23-16(18-15)19-17(22)21-10-7-14(12-21)11-20-8-4-3-5-9-20/h13-14H,2-12H2,1H3,(H,18,19,22)/t14-/m0/s1.